The summed E-state index contributed by atoms with van der Waals surface area (Å²) in [7, 11) is 1.51. The van der Waals surface area contributed by atoms with Crippen LogP contribution in [0, 0.1) is 0 Å². The summed E-state index contributed by atoms with van der Waals surface area (Å²) in [6.07, 6.45) is -0.494. The molecule has 0 radical (unpaired) electrons. The van der Waals surface area contributed by atoms with E-state index in [0.717, 1.165) is 5.56 Å². The molecule has 1 amide bonds. The van der Waals surface area contributed by atoms with E-state index in [-0.39, 0.29) is 0 Å². The van der Waals surface area contributed by atoms with Crippen LogP contribution < -0.4 is 15.8 Å². The highest BCUT2D eigenvalue weighted by molar-refractivity contribution is 5.70. The van der Waals surface area contributed by atoms with Crippen LogP contribution in [0.25, 0.3) is 0 Å². The Morgan fingerprint density at radius 1 is 1.40 bits per heavy atom. The van der Waals surface area contributed by atoms with Crippen molar-refractivity contribution in [3.05, 3.63) is 29.8 Å². The van der Waals surface area contributed by atoms with Gasteiger partial charge in [0, 0.05) is 18.2 Å². The molecule has 4 nitrogen and oxygen atoms in total. The average molecular weight is 208 g/mol. The maximum Gasteiger partial charge on any atom is 0.412 e. The van der Waals surface area contributed by atoms with Crippen LogP contribution in [0.1, 0.15) is 19.4 Å². The van der Waals surface area contributed by atoms with Crippen molar-refractivity contribution in [3.63, 3.8) is 0 Å². The molecule has 3 N–H and O–H groups in total. The number of benzene rings is 1. The molecule has 1 rings (SSSR count). The fraction of sp³-hybridized carbons (Fsp3) is 0.364. The molecule has 82 valence electrons. The Balaban J connectivity index is 3.02. The first-order valence-electron chi connectivity index (χ1n) is 4.73. The standard InChI is InChI=1S/C11H16N2O2/c1-11(2,12)8-6-4-5-7-9(8)15-10(14)13-3/h4-7H,12H2,1-3H3,(H,13,14). The van der Waals surface area contributed by atoms with Gasteiger partial charge in [-0.1, -0.05) is 18.2 Å². The monoisotopic (exact) mass is 208 g/mol. The number of hydrogen-bond acceptors (Lipinski definition) is 3. The molecular weight excluding hydrogens is 192 g/mol. The van der Waals surface area contributed by atoms with Crippen LogP contribution in [0.15, 0.2) is 24.3 Å². The normalized spacial score (nSPS) is 10.9. The van der Waals surface area contributed by atoms with Gasteiger partial charge in [0.2, 0.25) is 0 Å². The smallest absolute Gasteiger partial charge is 0.410 e. The third-order valence-electron chi connectivity index (χ3n) is 1.99. The van der Waals surface area contributed by atoms with Crippen molar-refractivity contribution in [2.45, 2.75) is 19.4 Å². The van der Waals surface area contributed by atoms with Gasteiger partial charge < -0.3 is 15.8 Å². The number of nitrogens with one attached hydrogen (secondary N) is 1. The minimum absolute atomic E-state index is 0.490. The maximum atomic E-state index is 11.1. The zero-order valence-corrected chi connectivity index (χ0v) is 9.20. The molecule has 0 aliphatic carbocycles. The van der Waals surface area contributed by atoms with E-state index in [2.05, 4.69) is 5.32 Å². The molecule has 0 atom stereocenters. The van der Waals surface area contributed by atoms with Crippen molar-refractivity contribution < 1.29 is 9.53 Å². The number of amides is 1. The Kier molecular flexibility index (Phi) is 3.31. The molecule has 0 saturated carbocycles. The van der Waals surface area contributed by atoms with Crippen LogP contribution in [0.4, 0.5) is 4.79 Å². The molecule has 0 fully saturated rings. The summed E-state index contributed by atoms with van der Waals surface area (Å²) in [5.41, 5.74) is 6.23. The first-order valence-corrected chi connectivity index (χ1v) is 4.73. The number of para-hydroxylation sites is 1. The van der Waals surface area contributed by atoms with Gasteiger partial charge >= 0.3 is 6.09 Å². The van der Waals surface area contributed by atoms with Gasteiger partial charge in [-0.2, -0.15) is 0 Å². The van der Waals surface area contributed by atoms with E-state index in [1.165, 1.54) is 7.05 Å². The fourth-order valence-corrected chi connectivity index (χ4v) is 1.24. The molecule has 0 unspecified atom stereocenters. The number of carbonyl (C=O) groups excluding carboxylic acids is 1. The fourth-order valence-electron chi connectivity index (χ4n) is 1.24. The highest BCUT2D eigenvalue weighted by Crippen LogP contribution is 2.27. The molecule has 0 aliphatic rings. The molecular formula is C11H16N2O2. The Hall–Kier alpha value is -1.55. The number of hydrogen-bond donors (Lipinski definition) is 2. The van der Waals surface area contributed by atoms with Crippen molar-refractivity contribution in [1.82, 2.24) is 5.32 Å². The predicted molar refractivity (Wildman–Crippen MR) is 58.7 cm³/mol. The second-order valence-electron chi connectivity index (χ2n) is 3.86. The minimum atomic E-state index is -0.537. The second-order valence-corrected chi connectivity index (χ2v) is 3.86. The van der Waals surface area contributed by atoms with Crippen molar-refractivity contribution in [2.75, 3.05) is 7.05 Å². The summed E-state index contributed by atoms with van der Waals surface area (Å²) in [4.78, 5) is 11.1. The molecule has 0 aliphatic heterocycles. The van der Waals surface area contributed by atoms with Crippen LogP contribution in [0.5, 0.6) is 5.75 Å². The lowest BCUT2D eigenvalue weighted by atomic mass is 9.95. The van der Waals surface area contributed by atoms with Gasteiger partial charge in [-0.15, -0.1) is 0 Å². The van der Waals surface area contributed by atoms with Gasteiger partial charge in [0.15, 0.2) is 0 Å². The molecule has 4 heteroatoms. The molecule has 0 aromatic heterocycles. The number of ether oxygens (including phenoxy) is 1. The van der Waals surface area contributed by atoms with Crippen LogP contribution >= 0.6 is 0 Å². The summed E-state index contributed by atoms with van der Waals surface area (Å²) in [6, 6.07) is 7.23. The Labute approximate surface area is 89.4 Å². The molecule has 0 saturated heterocycles. The second kappa shape index (κ2) is 4.31. The van der Waals surface area contributed by atoms with Crippen molar-refractivity contribution >= 4 is 6.09 Å². The summed E-state index contributed by atoms with van der Waals surface area (Å²) in [6.45, 7) is 3.72. The van der Waals surface area contributed by atoms with E-state index in [0.29, 0.717) is 5.75 Å². The quantitative estimate of drug-likeness (QED) is 0.775. The number of nitrogens with two attached hydrogens (primary N) is 1. The molecule has 15 heavy (non-hydrogen) atoms. The lowest BCUT2D eigenvalue weighted by molar-refractivity contribution is 0.202. The van der Waals surface area contributed by atoms with E-state index in [1.54, 1.807) is 12.1 Å². The summed E-state index contributed by atoms with van der Waals surface area (Å²) in [5.74, 6) is 0.490. The van der Waals surface area contributed by atoms with Gasteiger partial charge in [-0.05, 0) is 19.9 Å². The third-order valence-corrected chi connectivity index (χ3v) is 1.99. The molecule has 1 aromatic rings. The summed E-state index contributed by atoms with van der Waals surface area (Å²) >= 11 is 0. The zero-order chi connectivity index (χ0) is 11.5. The van der Waals surface area contributed by atoms with Crippen molar-refractivity contribution in [1.29, 1.82) is 0 Å². The number of carbonyl (C=O) groups is 1. The van der Waals surface area contributed by atoms with Crippen molar-refractivity contribution in [2.24, 2.45) is 5.73 Å². The van der Waals surface area contributed by atoms with E-state index in [1.807, 2.05) is 26.0 Å². The summed E-state index contributed by atoms with van der Waals surface area (Å²) in [5, 5.41) is 2.39. The Morgan fingerprint density at radius 3 is 2.53 bits per heavy atom. The Bertz CT molecular complexity index is 356. The maximum absolute atomic E-state index is 11.1. The Morgan fingerprint density at radius 2 is 2.00 bits per heavy atom. The average Bonchev–Trinajstić information content (AvgIpc) is 2.17. The van der Waals surface area contributed by atoms with E-state index < -0.39 is 11.6 Å². The molecule has 0 spiro atoms. The molecule has 0 heterocycles. The molecule has 0 bridgehead atoms. The zero-order valence-electron chi connectivity index (χ0n) is 9.20. The minimum Gasteiger partial charge on any atom is -0.410 e. The first-order chi connectivity index (χ1) is 6.95. The van der Waals surface area contributed by atoms with Crippen LogP contribution in [-0.2, 0) is 5.54 Å². The van der Waals surface area contributed by atoms with Gasteiger partial charge in [-0.25, -0.2) is 4.79 Å². The highest BCUT2D eigenvalue weighted by atomic mass is 16.6. The highest BCUT2D eigenvalue weighted by Gasteiger charge is 2.19. The lowest BCUT2D eigenvalue weighted by Gasteiger charge is -2.21. The van der Waals surface area contributed by atoms with Crippen LogP contribution in [-0.4, -0.2) is 13.1 Å². The third kappa shape index (κ3) is 2.95. The summed E-state index contributed by atoms with van der Waals surface area (Å²) < 4.78 is 5.09. The van der Waals surface area contributed by atoms with E-state index >= 15 is 0 Å². The van der Waals surface area contributed by atoms with E-state index in [9.17, 15) is 4.79 Å². The topological polar surface area (TPSA) is 64.3 Å². The number of rotatable bonds is 2. The van der Waals surface area contributed by atoms with Crippen molar-refractivity contribution in [3.8, 4) is 5.75 Å². The first kappa shape index (κ1) is 11.5. The van der Waals surface area contributed by atoms with Gasteiger partial charge in [-0.3, -0.25) is 0 Å². The van der Waals surface area contributed by atoms with E-state index in [4.69, 9.17) is 10.5 Å². The molecule has 1 aromatic carbocycles. The van der Waals surface area contributed by atoms with Gasteiger partial charge in [0.25, 0.3) is 0 Å². The van der Waals surface area contributed by atoms with Gasteiger partial charge in [0.05, 0.1) is 0 Å². The van der Waals surface area contributed by atoms with Crippen LogP contribution in [0.3, 0.4) is 0 Å². The largest absolute Gasteiger partial charge is 0.412 e. The van der Waals surface area contributed by atoms with Crippen LogP contribution in [0.2, 0.25) is 0 Å². The predicted octanol–water partition coefficient (Wildman–Crippen LogP) is 1.60. The SMILES string of the molecule is CNC(=O)Oc1ccccc1C(C)(C)N. The lowest BCUT2D eigenvalue weighted by Crippen LogP contribution is -2.30. The van der Waals surface area contributed by atoms with Gasteiger partial charge in [0.1, 0.15) is 5.75 Å².